The van der Waals surface area contributed by atoms with Gasteiger partial charge in [-0.1, -0.05) is 36.3 Å². The van der Waals surface area contributed by atoms with Gasteiger partial charge in [0.1, 0.15) is 5.75 Å². The van der Waals surface area contributed by atoms with E-state index in [1.165, 1.54) is 0 Å². The van der Waals surface area contributed by atoms with Crippen molar-refractivity contribution in [2.75, 3.05) is 13.2 Å². The zero-order chi connectivity index (χ0) is 14.4. The molecule has 0 saturated carbocycles. The third-order valence-corrected chi connectivity index (χ3v) is 2.90. The molecule has 4 heteroatoms. The minimum atomic E-state index is -0.292. The molecule has 0 heterocycles. The molecular formula is C16H15NO3. The number of carbonyl (C=O) groups excluding carboxylic acids is 1. The SMILES string of the molecule is C#CCNC(=O)COc1ccc2ccccc2c1CO. The van der Waals surface area contributed by atoms with Crippen LogP contribution in [0.1, 0.15) is 5.56 Å². The van der Waals surface area contributed by atoms with Gasteiger partial charge in [-0.15, -0.1) is 6.42 Å². The fourth-order valence-corrected chi connectivity index (χ4v) is 1.96. The average Bonchev–Trinajstić information content (AvgIpc) is 2.50. The highest BCUT2D eigenvalue weighted by Crippen LogP contribution is 2.27. The fourth-order valence-electron chi connectivity index (χ4n) is 1.96. The number of amides is 1. The van der Waals surface area contributed by atoms with Crippen LogP contribution in [0.25, 0.3) is 10.8 Å². The molecule has 4 nitrogen and oxygen atoms in total. The van der Waals surface area contributed by atoms with Crippen LogP contribution in [0.3, 0.4) is 0 Å². The predicted octanol–water partition coefficient (Wildman–Crippen LogP) is 1.46. The lowest BCUT2D eigenvalue weighted by Gasteiger charge is -2.12. The molecule has 2 N–H and O–H groups in total. The van der Waals surface area contributed by atoms with Crippen molar-refractivity contribution < 1.29 is 14.6 Å². The van der Waals surface area contributed by atoms with Crippen molar-refractivity contribution in [3.63, 3.8) is 0 Å². The van der Waals surface area contributed by atoms with Gasteiger partial charge >= 0.3 is 0 Å². The number of aliphatic hydroxyl groups is 1. The molecule has 0 unspecified atom stereocenters. The van der Waals surface area contributed by atoms with E-state index in [9.17, 15) is 9.90 Å². The zero-order valence-electron chi connectivity index (χ0n) is 10.9. The van der Waals surface area contributed by atoms with E-state index in [1.54, 1.807) is 6.07 Å². The van der Waals surface area contributed by atoms with Gasteiger partial charge in [-0.3, -0.25) is 4.79 Å². The highest BCUT2D eigenvalue weighted by molar-refractivity contribution is 5.87. The first kappa shape index (κ1) is 13.9. The Bertz CT molecular complexity index is 658. The minimum absolute atomic E-state index is 0.132. The number of fused-ring (bicyclic) bond motifs is 1. The monoisotopic (exact) mass is 269 g/mol. The number of nitrogens with one attached hydrogen (secondary N) is 1. The van der Waals surface area contributed by atoms with E-state index in [4.69, 9.17) is 11.2 Å². The Morgan fingerprint density at radius 3 is 2.85 bits per heavy atom. The molecule has 2 rings (SSSR count). The van der Waals surface area contributed by atoms with Crippen LogP contribution in [-0.4, -0.2) is 24.2 Å². The van der Waals surface area contributed by atoms with Crippen molar-refractivity contribution in [3.05, 3.63) is 42.0 Å². The number of terminal acetylenes is 1. The van der Waals surface area contributed by atoms with Crippen LogP contribution in [-0.2, 0) is 11.4 Å². The summed E-state index contributed by atoms with van der Waals surface area (Å²) in [6.45, 7) is -0.109. The van der Waals surface area contributed by atoms with E-state index in [0.717, 1.165) is 10.8 Å². The third-order valence-electron chi connectivity index (χ3n) is 2.90. The average molecular weight is 269 g/mol. The molecule has 0 bridgehead atoms. The van der Waals surface area contributed by atoms with Crippen molar-refractivity contribution in [1.82, 2.24) is 5.32 Å². The first-order valence-electron chi connectivity index (χ1n) is 6.20. The van der Waals surface area contributed by atoms with Gasteiger partial charge in [0.25, 0.3) is 5.91 Å². The van der Waals surface area contributed by atoms with Crippen LogP contribution in [0, 0.1) is 12.3 Å². The van der Waals surface area contributed by atoms with Crippen LogP contribution < -0.4 is 10.1 Å². The molecule has 0 fully saturated rings. The Labute approximate surface area is 117 Å². The Hall–Kier alpha value is -2.51. The molecule has 0 aliphatic rings. The first-order chi connectivity index (χ1) is 9.76. The highest BCUT2D eigenvalue weighted by Gasteiger charge is 2.09. The van der Waals surface area contributed by atoms with E-state index in [-0.39, 0.29) is 25.7 Å². The molecule has 0 aliphatic carbocycles. The normalized spacial score (nSPS) is 10.0. The fraction of sp³-hybridized carbons (Fsp3) is 0.188. The Morgan fingerprint density at radius 1 is 1.30 bits per heavy atom. The first-order valence-corrected chi connectivity index (χ1v) is 6.20. The molecule has 2 aromatic rings. The van der Waals surface area contributed by atoms with Gasteiger partial charge in [0.05, 0.1) is 13.2 Å². The summed E-state index contributed by atoms with van der Waals surface area (Å²) in [6, 6.07) is 11.3. The van der Waals surface area contributed by atoms with Crippen molar-refractivity contribution >= 4 is 16.7 Å². The molecule has 20 heavy (non-hydrogen) atoms. The number of carbonyl (C=O) groups is 1. The van der Waals surface area contributed by atoms with Gasteiger partial charge in [0.2, 0.25) is 0 Å². The Morgan fingerprint density at radius 2 is 2.10 bits per heavy atom. The second-order valence-electron chi connectivity index (χ2n) is 4.19. The maximum Gasteiger partial charge on any atom is 0.258 e. The van der Waals surface area contributed by atoms with Crippen LogP contribution in [0.5, 0.6) is 5.75 Å². The molecule has 0 atom stereocenters. The summed E-state index contributed by atoms with van der Waals surface area (Å²) in [5.41, 5.74) is 0.674. The molecule has 0 aliphatic heterocycles. The summed E-state index contributed by atoms with van der Waals surface area (Å²) in [4.78, 5) is 11.4. The lowest BCUT2D eigenvalue weighted by atomic mass is 10.0. The second-order valence-corrected chi connectivity index (χ2v) is 4.19. The Kier molecular flexibility index (Phi) is 4.59. The lowest BCUT2D eigenvalue weighted by Crippen LogP contribution is -2.29. The zero-order valence-corrected chi connectivity index (χ0v) is 10.9. The van der Waals surface area contributed by atoms with Crippen molar-refractivity contribution in [1.29, 1.82) is 0 Å². The summed E-state index contributed by atoms with van der Waals surface area (Å²) in [7, 11) is 0. The summed E-state index contributed by atoms with van der Waals surface area (Å²) in [5, 5.41) is 14.0. The maximum atomic E-state index is 11.4. The predicted molar refractivity (Wildman–Crippen MR) is 77.2 cm³/mol. The number of aliphatic hydroxyl groups excluding tert-OH is 1. The van der Waals surface area contributed by atoms with Crippen molar-refractivity contribution in [2.24, 2.45) is 0 Å². The largest absolute Gasteiger partial charge is 0.483 e. The number of hydrogen-bond acceptors (Lipinski definition) is 3. The van der Waals surface area contributed by atoms with Crippen LogP contribution in [0.2, 0.25) is 0 Å². The summed E-state index contributed by atoms with van der Waals surface area (Å²) in [6.07, 6.45) is 5.05. The smallest absolute Gasteiger partial charge is 0.258 e. The number of rotatable bonds is 5. The molecule has 0 radical (unpaired) electrons. The van der Waals surface area contributed by atoms with Gasteiger partial charge in [-0.25, -0.2) is 0 Å². The molecule has 1 amide bonds. The molecule has 0 saturated heterocycles. The standard InChI is InChI=1S/C16H15NO3/c1-2-9-17-16(19)11-20-15-8-7-12-5-3-4-6-13(12)14(15)10-18/h1,3-8,18H,9-11H2,(H,17,19). The third kappa shape index (κ3) is 3.08. The van der Waals surface area contributed by atoms with E-state index in [1.807, 2.05) is 30.3 Å². The van der Waals surface area contributed by atoms with E-state index in [2.05, 4.69) is 11.2 Å². The van der Waals surface area contributed by atoms with Gasteiger partial charge in [-0.05, 0) is 16.8 Å². The lowest BCUT2D eigenvalue weighted by molar-refractivity contribution is -0.122. The highest BCUT2D eigenvalue weighted by atomic mass is 16.5. The topological polar surface area (TPSA) is 58.6 Å². The molecule has 2 aromatic carbocycles. The molecule has 102 valence electrons. The van der Waals surface area contributed by atoms with Crippen LogP contribution in [0.4, 0.5) is 0 Å². The van der Waals surface area contributed by atoms with Gasteiger partial charge in [0.15, 0.2) is 6.61 Å². The van der Waals surface area contributed by atoms with Crippen molar-refractivity contribution in [3.8, 4) is 18.1 Å². The quantitative estimate of drug-likeness (QED) is 0.808. The molecular weight excluding hydrogens is 254 g/mol. The molecule has 0 aromatic heterocycles. The number of ether oxygens (including phenoxy) is 1. The van der Waals surface area contributed by atoms with Gasteiger partial charge < -0.3 is 15.2 Å². The van der Waals surface area contributed by atoms with Gasteiger partial charge in [0, 0.05) is 5.56 Å². The second kappa shape index (κ2) is 6.60. The number of benzene rings is 2. The number of hydrogen-bond donors (Lipinski definition) is 2. The summed E-state index contributed by atoms with van der Waals surface area (Å²) >= 11 is 0. The van der Waals surface area contributed by atoms with Crippen molar-refractivity contribution in [2.45, 2.75) is 6.61 Å². The maximum absolute atomic E-state index is 11.4. The summed E-state index contributed by atoms with van der Waals surface area (Å²) in [5.74, 6) is 2.53. The Balaban J connectivity index is 2.18. The minimum Gasteiger partial charge on any atom is -0.483 e. The van der Waals surface area contributed by atoms with Crippen LogP contribution in [0.15, 0.2) is 36.4 Å². The summed E-state index contributed by atoms with van der Waals surface area (Å²) < 4.78 is 5.45. The van der Waals surface area contributed by atoms with E-state index in [0.29, 0.717) is 11.3 Å². The van der Waals surface area contributed by atoms with Crippen LogP contribution >= 0.6 is 0 Å². The van der Waals surface area contributed by atoms with E-state index >= 15 is 0 Å². The molecule has 0 spiro atoms. The van der Waals surface area contributed by atoms with Gasteiger partial charge in [-0.2, -0.15) is 0 Å². The van der Waals surface area contributed by atoms with E-state index < -0.39 is 0 Å².